The quantitative estimate of drug-likeness (QED) is 0.747. The summed E-state index contributed by atoms with van der Waals surface area (Å²) in [6.07, 6.45) is 3.01. The fourth-order valence-electron chi connectivity index (χ4n) is 2.14. The van der Waals surface area contributed by atoms with Gasteiger partial charge in [0.05, 0.1) is 12.7 Å². The number of rotatable bonds is 6. The third kappa shape index (κ3) is 3.63. The predicted octanol–water partition coefficient (Wildman–Crippen LogP) is 4.24. The van der Waals surface area contributed by atoms with Crippen molar-refractivity contribution >= 4 is 17.6 Å². The minimum Gasteiger partial charge on any atom is -0.490 e. The molecule has 0 aliphatic heterocycles. The van der Waals surface area contributed by atoms with Gasteiger partial charge in [0.1, 0.15) is 11.5 Å². The van der Waals surface area contributed by atoms with E-state index in [0.717, 1.165) is 24.2 Å². The third-order valence-electron chi connectivity index (χ3n) is 3.34. The van der Waals surface area contributed by atoms with Crippen LogP contribution in [0.2, 0.25) is 5.02 Å². The lowest BCUT2D eigenvalue weighted by atomic mass is 10.1. The first-order valence-electron chi connectivity index (χ1n) is 7.36. The van der Waals surface area contributed by atoms with Crippen molar-refractivity contribution in [2.24, 2.45) is 0 Å². The number of benzene rings is 1. The van der Waals surface area contributed by atoms with E-state index in [1.807, 2.05) is 18.2 Å². The average molecular weight is 321 g/mol. The molecule has 0 saturated heterocycles. The second kappa shape index (κ2) is 6.44. The molecular weight excluding hydrogens is 304 g/mol. The molecule has 0 radical (unpaired) electrons. The molecule has 1 aromatic carbocycles. The van der Waals surface area contributed by atoms with Crippen molar-refractivity contribution in [2.75, 3.05) is 6.61 Å². The van der Waals surface area contributed by atoms with E-state index in [2.05, 4.69) is 0 Å². The molecule has 0 unspecified atom stereocenters. The van der Waals surface area contributed by atoms with E-state index in [9.17, 15) is 4.79 Å². The smallest absolute Gasteiger partial charge is 0.374 e. The molecule has 0 spiro atoms. The zero-order valence-corrected chi connectivity index (χ0v) is 13.1. The summed E-state index contributed by atoms with van der Waals surface area (Å²) in [5, 5.41) is 0.648. The predicted molar refractivity (Wildman–Crippen MR) is 82.6 cm³/mol. The van der Waals surface area contributed by atoms with Crippen LogP contribution in [0, 0.1) is 0 Å². The molecule has 4 nitrogen and oxygen atoms in total. The highest BCUT2D eigenvalue weighted by Gasteiger charge is 2.25. The molecule has 1 heterocycles. The van der Waals surface area contributed by atoms with Crippen molar-refractivity contribution in [1.82, 2.24) is 0 Å². The Morgan fingerprint density at radius 1 is 1.32 bits per heavy atom. The highest BCUT2D eigenvalue weighted by molar-refractivity contribution is 6.30. The minimum atomic E-state index is -0.450. The normalized spacial score (nSPS) is 13.9. The van der Waals surface area contributed by atoms with Gasteiger partial charge in [0.25, 0.3) is 0 Å². The summed E-state index contributed by atoms with van der Waals surface area (Å²) in [6.45, 7) is 2.08. The Labute approximate surface area is 134 Å². The Hall–Kier alpha value is -1.94. The standard InChI is InChI=1S/C17H17ClO4/c1-2-20-17(19)16-8-6-14(22-16)10-11-9-12(18)3-7-15(11)21-13-4-5-13/h3,6-9,13H,2,4-5,10H2,1H3. The molecular formula is C17H17ClO4. The van der Waals surface area contributed by atoms with Crippen molar-refractivity contribution in [3.05, 3.63) is 52.4 Å². The molecule has 5 heteroatoms. The van der Waals surface area contributed by atoms with Crippen LogP contribution in [0.4, 0.5) is 0 Å². The van der Waals surface area contributed by atoms with Crippen LogP contribution in [-0.2, 0) is 11.2 Å². The molecule has 2 aromatic rings. The van der Waals surface area contributed by atoms with Gasteiger partial charge in [-0.05, 0) is 50.1 Å². The molecule has 1 saturated carbocycles. The van der Waals surface area contributed by atoms with E-state index in [1.54, 1.807) is 19.1 Å². The van der Waals surface area contributed by atoms with Crippen LogP contribution in [-0.4, -0.2) is 18.7 Å². The molecule has 1 aliphatic carbocycles. The fourth-order valence-corrected chi connectivity index (χ4v) is 2.33. The molecule has 116 valence electrons. The van der Waals surface area contributed by atoms with Crippen molar-refractivity contribution in [2.45, 2.75) is 32.3 Å². The van der Waals surface area contributed by atoms with Gasteiger partial charge in [-0.1, -0.05) is 11.6 Å². The maximum absolute atomic E-state index is 11.6. The molecule has 0 N–H and O–H groups in total. The first kappa shape index (κ1) is 15.0. The fraction of sp³-hybridized carbons (Fsp3) is 0.353. The highest BCUT2D eigenvalue weighted by atomic mass is 35.5. The van der Waals surface area contributed by atoms with Crippen molar-refractivity contribution < 1.29 is 18.7 Å². The van der Waals surface area contributed by atoms with Gasteiger partial charge in [-0.3, -0.25) is 0 Å². The van der Waals surface area contributed by atoms with E-state index in [1.165, 1.54) is 0 Å². The molecule has 1 fully saturated rings. The Kier molecular flexibility index (Phi) is 4.39. The van der Waals surface area contributed by atoms with Crippen molar-refractivity contribution in [1.29, 1.82) is 0 Å². The van der Waals surface area contributed by atoms with Crippen LogP contribution in [0.3, 0.4) is 0 Å². The Bertz CT molecular complexity index is 673. The minimum absolute atomic E-state index is 0.212. The van der Waals surface area contributed by atoms with Crippen LogP contribution < -0.4 is 4.74 Å². The summed E-state index contributed by atoms with van der Waals surface area (Å²) in [5.41, 5.74) is 0.948. The molecule has 3 rings (SSSR count). The number of ether oxygens (including phenoxy) is 2. The number of halogens is 1. The van der Waals surface area contributed by atoms with E-state index in [0.29, 0.717) is 29.9 Å². The van der Waals surface area contributed by atoms with E-state index < -0.39 is 5.97 Å². The summed E-state index contributed by atoms with van der Waals surface area (Å²) in [5.74, 6) is 1.25. The van der Waals surface area contributed by atoms with Crippen molar-refractivity contribution in [3.63, 3.8) is 0 Å². The topological polar surface area (TPSA) is 48.7 Å². The lowest BCUT2D eigenvalue weighted by molar-refractivity contribution is 0.0488. The third-order valence-corrected chi connectivity index (χ3v) is 3.58. The average Bonchev–Trinajstić information content (AvgIpc) is 3.18. The van der Waals surface area contributed by atoms with Gasteiger partial charge >= 0.3 is 5.97 Å². The molecule has 0 atom stereocenters. The molecule has 1 aliphatic rings. The molecule has 22 heavy (non-hydrogen) atoms. The number of carbonyl (C=O) groups excluding carboxylic acids is 1. The first-order valence-corrected chi connectivity index (χ1v) is 7.74. The largest absolute Gasteiger partial charge is 0.490 e. The maximum Gasteiger partial charge on any atom is 0.374 e. The zero-order valence-electron chi connectivity index (χ0n) is 12.3. The summed E-state index contributed by atoms with van der Waals surface area (Å²) in [4.78, 5) is 11.6. The monoisotopic (exact) mass is 320 g/mol. The van der Waals surface area contributed by atoms with Crippen LogP contribution in [0.15, 0.2) is 34.7 Å². The van der Waals surface area contributed by atoms with Gasteiger partial charge in [0.15, 0.2) is 0 Å². The molecule has 0 bridgehead atoms. The van der Waals surface area contributed by atoms with Gasteiger partial charge in [0.2, 0.25) is 5.76 Å². The van der Waals surface area contributed by atoms with Gasteiger partial charge in [-0.15, -0.1) is 0 Å². The van der Waals surface area contributed by atoms with E-state index in [-0.39, 0.29) is 5.76 Å². The number of hydrogen-bond donors (Lipinski definition) is 0. The van der Waals surface area contributed by atoms with Crippen LogP contribution >= 0.6 is 11.6 Å². The molecule has 1 aromatic heterocycles. The van der Waals surface area contributed by atoms with Gasteiger partial charge < -0.3 is 13.9 Å². The van der Waals surface area contributed by atoms with Crippen LogP contribution in [0.25, 0.3) is 0 Å². The van der Waals surface area contributed by atoms with Gasteiger partial charge in [-0.25, -0.2) is 4.79 Å². The number of hydrogen-bond acceptors (Lipinski definition) is 4. The second-order valence-electron chi connectivity index (χ2n) is 5.23. The highest BCUT2D eigenvalue weighted by Crippen LogP contribution is 2.32. The maximum atomic E-state index is 11.6. The van der Waals surface area contributed by atoms with Gasteiger partial charge in [-0.2, -0.15) is 0 Å². The summed E-state index contributed by atoms with van der Waals surface area (Å²) < 4.78 is 16.3. The summed E-state index contributed by atoms with van der Waals surface area (Å²) in [6, 6.07) is 8.96. The molecule has 0 amide bonds. The van der Waals surface area contributed by atoms with E-state index >= 15 is 0 Å². The number of esters is 1. The second-order valence-corrected chi connectivity index (χ2v) is 5.67. The zero-order chi connectivity index (χ0) is 15.5. The number of carbonyl (C=O) groups is 1. The SMILES string of the molecule is CCOC(=O)c1ccc(Cc2cc(Cl)ccc2OC2CC2)o1. The Morgan fingerprint density at radius 3 is 2.86 bits per heavy atom. The van der Waals surface area contributed by atoms with Gasteiger partial charge in [0, 0.05) is 17.0 Å². The van der Waals surface area contributed by atoms with Crippen molar-refractivity contribution in [3.8, 4) is 5.75 Å². The number of furan rings is 1. The Balaban J connectivity index is 1.77. The van der Waals surface area contributed by atoms with Crippen LogP contribution in [0.5, 0.6) is 5.75 Å². The van der Waals surface area contributed by atoms with Crippen LogP contribution in [0.1, 0.15) is 41.6 Å². The summed E-state index contributed by atoms with van der Waals surface area (Å²) >= 11 is 6.07. The van der Waals surface area contributed by atoms with E-state index in [4.69, 9.17) is 25.5 Å². The first-order chi connectivity index (χ1) is 10.7. The Morgan fingerprint density at radius 2 is 2.14 bits per heavy atom. The lowest BCUT2D eigenvalue weighted by Gasteiger charge is -2.10. The lowest BCUT2D eigenvalue weighted by Crippen LogP contribution is -2.03. The summed E-state index contributed by atoms with van der Waals surface area (Å²) in [7, 11) is 0.